The number of oxazole rings is 1. The summed E-state index contributed by atoms with van der Waals surface area (Å²) in [6.07, 6.45) is 3.42. The molecule has 1 aliphatic rings. The highest BCUT2D eigenvalue weighted by molar-refractivity contribution is 6.32. The number of nitriles is 1. The van der Waals surface area contributed by atoms with Crippen molar-refractivity contribution >= 4 is 35.5 Å². The van der Waals surface area contributed by atoms with E-state index >= 15 is 0 Å². The lowest BCUT2D eigenvalue weighted by atomic mass is 10.1. The normalized spacial score (nSPS) is 14.1. The number of halogens is 2. The molecule has 0 radical (unpaired) electrons. The van der Waals surface area contributed by atoms with E-state index < -0.39 is 5.82 Å². The lowest BCUT2D eigenvalue weighted by molar-refractivity contribution is 0.0740. The van der Waals surface area contributed by atoms with E-state index in [4.69, 9.17) is 16.0 Å². The SMILES string of the molecule is N#Cc1nc(C=Cc2ccccc2Cl)oc1N1CCN(C(=O)c2ccccc2F)CC1. The van der Waals surface area contributed by atoms with E-state index in [1.54, 1.807) is 35.3 Å². The van der Waals surface area contributed by atoms with Gasteiger partial charge in [0.05, 0.1) is 5.56 Å². The lowest BCUT2D eigenvalue weighted by Gasteiger charge is -2.34. The molecule has 0 unspecified atom stereocenters. The van der Waals surface area contributed by atoms with Crippen LogP contribution >= 0.6 is 11.6 Å². The van der Waals surface area contributed by atoms with E-state index in [0.717, 1.165) is 5.56 Å². The van der Waals surface area contributed by atoms with Gasteiger partial charge in [0, 0.05) is 37.3 Å². The van der Waals surface area contributed by atoms with Crippen LogP contribution in [0.25, 0.3) is 12.2 Å². The van der Waals surface area contributed by atoms with Gasteiger partial charge in [0.15, 0.2) is 0 Å². The van der Waals surface area contributed by atoms with Crippen molar-refractivity contribution < 1.29 is 13.6 Å². The number of piperazine rings is 1. The molecule has 1 aromatic heterocycles. The van der Waals surface area contributed by atoms with Gasteiger partial charge in [-0.05, 0) is 29.8 Å². The number of nitrogens with zero attached hydrogens (tertiary/aromatic N) is 4. The van der Waals surface area contributed by atoms with Crippen LogP contribution in [0.3, 0.4) is 0 Å². The maximum atomic E-state index is 13.9. The number of hydrogen-bond acceptors (Lipinski definition) is 5. The van der Waals surface area contributed by atoms with Crippen molar-refractivity contribution in [2.45, 2.75) is 0 Å². The fourth-order valence-electron chi connectivity index (χ4n) is 3.38. The number of rotatable bonds is 4. The average molecular weight is 437 g/mol. The van der Waals surface area contributed by atoms with Crippen LogP contribution in [0.1, 0.15) is 27.5 Å². The van der Waals surface area contributed by atoms with Gasteiger partial charge < -0.3 is 14.2 Å². The molecule has 0 spiro atoms. The summed E-state index contributed by atoms with van der Waals surface area (Å²) in [5, 5.41) is 10.1. The smallest absolute Gasteiger partial charge is 0.256 e. The number of aromatic nitrogens is 1. The summed E-state index contributed by atoms with van der Waals surface area (Å²) < 4.78 is 19.7. The summed E-state index contributed by atoms with van der Waals surface area (Å²) in [6, 6.07) is 15.3. The fourth-order valence-corrected chi connectivity index (χ4v) is 3.57. The van der Waals surface area contributed by atoms with Crippen molar-refractivity contribution in [2.75, 3.05) is 31.1 Å². The standard InChI is InChI=1S/C23H18ClFN4O2/c24-18-7-3-1-5-16(18)9-10-21-27-20(15-26)23(31-21)29-13-11-28(12-14-29)22(30)17-6-2-4-8-19(17)25/h1-10H,11-14H2. The molecule has 156 valence electrons. The minimum absolute atomic E-state index is 0.0559. The predicted molar refractivity (Wildman–Crippen MR) is 116 cm³/mol. The van der Waals surface area contributed by atoms with Crippen LogP contribution in [0.4, 0.5) is 10.3 Å². The molecule has 31 heavy (non-hydrogen) atoms. The Kier molecular flexibility index (Phi) is 6.01. The maximum absolute atomic E-state index is 13.9. The van der Waals surface area contributed by atoms with Crippen LogP contribution in [0.15, 0.2) is 52.9 Å². The van der Waals surface area contributed by atoms with Crippen LogP contribution in [-0.2, 0) is 0 Å². The molecule has 4 rings (SSSR count). The van der Waals surface area contributed by atoms with E-state index in [1.807, 2.05) is 23.1 Å². The Hall–Kier alpha value is -3.63. The summed E-state index contributed by atoms with van der Waals surface area (Å²) in [4.78, 5) is 20.3. The van der Waals surface area contributed by atoms with E-state index in [-0.39, 0.29) is 23.1 Å². The first-order valence-corrected chi connectivity index (χ1v) is 10.1. The highest BCUT2D eigenvalue weighted by Crippen LogP contribution is 2.25. The van der Waals surface area contributed by atoms with Gasteiger partial charge >= 0.3 is 0 Å². The van der Waals surface area contributed by atoms with Crippen molar-refractivity contribution in [1.29, 1.82) is 5.26 Å². The molecule has 0 bridgehead atoms. The monoisotopic (exact) mass is 436 g/mol. The van der Waals surface area contributed by atoms with Gasteiger partial charge in [-0.15, -0.1) is 0 Å². The maximum Gasteiger partial charge on any atom is 0.256 e. The molecule has 1 aliphatic heterocycles. The van der Waals surface area contributed by atoms with Crippen molar-refractivity contribution in [3.8, 4) is 6.07 Å². The predicted octanol–water partition coefficient (Wildman–Crippen LogP) is 4.47. The van der Waals surface area contributed by atoms with Crippen LogP contribution in [0, 0.1) is 17.1 Å². The molecule has 2 heterocycles. The largest absolute Gasteiger partial charge is 0.420 e. The second-order valence-corrected chi connectivity index (χ2v) is 7.34. The minimum Gasteiger partial charge on any atom is -0.420 e. The summed E-state index contributed by atoms with van der Waals surface area (Å²) in [5.74, 6) is -0.235. The summed E-state index contributed by atoms with van der Waals surface area (Å²) in [7, 11) is 0. The topological polar surface area (TPSA) is 73.4 Å². The fraction of sp³-hybridized carbons (Fsp3) is 0.174. The van der Waals surface area contributed by atoms with Crippen molar-refractivity contribution in [1.82, 2.24) is 9.88 Å². The molecule has 1 saturated heterocycles. The van der Waals surface area contributed by atoms with Gasteiger partial charge in [0.2, 0.25) is 17.5 Å². The zero-order valence-corrected chi connectivity index (χ0v) is 17.2. The van der Waals surface area contributed by atoms with Gasteiger partial charge in [-0.25, -0.2) is 4.39 Å². The zero-order chi connectivity index (χ0) is 21.8. The van der Waals surface area contributed by atoms with Crippen LogP contribution < -0.4 is 4.90 Å². The third-order valence-electron chi connectivity index (χ3n) is 5.00. The van der Waals surface area contributed by atoms with Gasteiger partial charge in [-0.1, -0.05) is 41.9 Å². The first kappa shape index (κ1) is 20.6. The van der Waals surface area contributed by atoms with Crippen LogP contribution in [0.5, 0.6) is 0 Å². The van der Waals surface area contributed by atoms with Crippen molar-refractivity contribution in [2.24, 2.45) is 0 Å². The van der Waals surface area contributed by atoms with E-state index in [2.05, 4.69) is 11.1 Å². The molecule has 1 fully saturated rings. The number of anilines is 1. The van der Waals surface area contributed by atoms with Gasteiger partial charge in [-0.2, -0.15) is 10.2 Å². The molecule has 3 aromatic rings. The Morgan fingerprint density at radius 3 is 2.52 bits per heavy atom. The quantitative estimate of drug-likeness (QED) is 0.603. The molecular weight excluding hydrogens is 419 g/mol. The molecule has 6 nitrogen and oxygen atoms in total. The number of benzene rings is 2. The Bertz CT molecular complexity index is 1180. The summed E-state index contributed by atoms with van der Waals surface area (Å²) in [6.45, 7) is 1.64. The molecule has 0 atom stereocenters. The number of amides is 1. The Morgan fingerprint density at radius 2 is 1.81 bits per heavy atom. The van der Waals surface area contributed by atoms with Gasteiger partial charge in [-0.3, -0.25) is 4.79 Å². The third kappa shape index (κ3) is 4.44. The highest BCUT2D eigenvalue weighted by Gasteiger charge is 2.27. The second-order valence-electron chi connectivity index (χ2n) is 6.93. The Balaban J connectivity index is 1.46. The van der Waals surface area contributed by atoms with Crippen molar-refractivity contribution in [3.63, 3.8) is 0 Å². The minimum atomic E-state index is -0.535. The molecule has 0 aliphatic carbocycles. The molecule has 0 N–H and O–H groups in total. The first-order chi connectivity index (χ1) is 15.1. The first-order valence-electron chi connectivity index (χ1n) is 9.69. The van der Waals surface area contributed by atoms with Gasteiger partial charge in [0.25, 0.3) is 5.91 Å². The van der Waals surface area contributed by atoms with E-state index in [0.29, 0.717) is 37.1 Å². The van der Waals surface area contributed by atoms with E-state index in [9.17, 15) is 14.4 Å². The third-order valence-corrected chi connectivity index (χ3v) is 5.34. The van der Waals surface area contributed by atoms with E-state index in [1.165, 1.54) is 12.1 Å². The van der Waals surface area contributed by atoms with Crippen molar-refractivity contribution in [3.05, 3.63) is 82.1 Å². The number of carbonyl (C=O) groups is 1. The molecule has 8 heteroatoms. The zero-order valence-electron chi connectivity index (χ0n) is 16.5. The Morgan fingerprint density at radius 1 is 1.10 bits per heavy atom. The Labute approximate surface area is 183 Å². The molecule has 1 amide bonds. The molecular formula is C23H18ClFN4O2. The van der Waals surface area contributed by atoms with Gasteiger partial charge in [0.1, 0.15) is 11.9 Å². The molecule has 0 saturated carbocycles. The number of carbonyl (C=O) groups excluding carboxylic acids is 1. The second kappa shape index (κ2) is 9.02. The summed E-state index contributed by atoms with van der Waals surface area (Å²) >= 11 is 6.15. The van der Waals surface area contributed by atoms with Crippen LogP contribution in [0.2, 0.25) is 5.02 Å². The average Bonchev–Trinajstić information content (AvgIpc) is 3.22. The number of hydrogen-bond donors (Lipinski definition) is 0. The highest BCUT2D eigenvalue weighted by atomic mass is 35.5. The molecule has 2 aromatic carbocycles. The summed E-state index contributed by atoms with van der Waals surface area (Å²) in [5.41, 5.74) is 1.04. The lowest BCUT2D eigenvalue weighted by Crippen LogP contribution is -2.49. The van der Waals surface area contributed by atoms with Crippen LogP contribution in [-0.4, -0.2) is 42.0 Å².